The fourth-order valence-electron chi connectivity index (χ4n) is 2.58. The first kappa shape index (κ1) is 17.0. The fourth-order valence-corrected chi connectivity index (χ4v) is 2.75. The van der Waals surface area contributed by atoms with Crippen molar-refractivity contribution in [3.05, 3.63) is 29.0 Å². The molecule has 122 valence electrons. The average molecular weight is 330 g/mol. The van der Waals surface area contributed by atoms with Crippen molar-refractivity contribution in [3.63, 3.8) is 0 Å². The van der Waals surface area contributed by atoms with Gasteiger partial charge in [-0.1, -0.05) is 18.5 Å². The number of benzene rings is 1. The van der Waals surface area contributed by atoms with Crippen LogP contribution in [0.5, 0.6) is 0 Å². The molecule has 2 amide bonds. The summed E-state index contributed by atoms with van der Waals surface area (Å²) >= 11 is 5.81. The lowest BCUT2D eigenvalue weighted by atomic mass is 10.2. The number of hydrogen-bond acceptors (Lipinski definition) is 3. The second-order valence-electron chi connectivity index (χ2n) is 5.32. The molecule has 1 aromatic carbocycles. The van der Waals surface area contributed by atoms with Gasteiger partial charge in [0.1, 0.15) is 5.82 Å². The van der Waals surface area contributed by atoms with Crippen LogP contribution in [-0.2, 0) is 0 Å². The van der Waals surface area contributed by atoms with Gasteiger partial charge in [-0.05, 0) is 24.6 Å². The van der Waals surface area contributed by atoms with E-state index in [1.165, 1.54) is 18.2 Å². The first-order valence-electron chi connectivity index (χ1n) is 7.41. The van der Waals surface area contributed by atoms with Crippen molar-refractivity contribution in [1.82, 2.24) is 9.80 Å². The van der Waals surface area contributed by atoms with Crippen LogP contribution in [0.4, 0.5) is 14.9 Å². The summed E-state index contributed by atoms with van der Waals surface area (Å²) in [7, 11) is 0. The fraction of sp³-hybridized carbons (Fsp3) is 0.533. The van der Waals surface area contributed by atoms with Gasteiger partial charge in [0.05, 0.1) is 12.3 Å². The number of nitrogens with one attached hydrogen (secondary N) is 1. The molecule has 0 aromatic heterocycles. The Morgan fingerprint density at radius 2 is 2.09 bits per heavy atom. The van der Waals surface area contributed by atoms with E-state index in [0.717, 1.165) is 6.42 Å². The van der Waals surface area contributed by atoms with E-state index < -0.39 is 5.82 Å². The topological polar surface area (TPSA) is 55.8 Å². The molecule has 0 saturated carbocycles. The first-order chi connectivity index (χ1) is 10.5. The van der Waals surface area contributed by atoms with Gasteiger partial charge in [-0.15, -0.1) is 0 Å². The maximum atomic E-state index is 13.6. The van der Waals surface area contributed by atoms with Crippen LogP contribution in [-0.4, -0.2) is 59.8 Å². The van der Waals surface area contributed by atoms with E-state index in [1.807, 2.05) is 6.92 Å². The SMILES string of the molecule is CCC(CO)N1CCN(C(=O)Nc2cc(Cl)ccc2F)CC1. The molecule has 0 aliphatic carbocycles. The molecular weight excluding hydrogens is 309 g/mol. The Kier molecular flexibility index (Phi) is 5.99. The molecule has 1 atom stereocenters. The molecule has 0 radical (unpaired) electrons. The van der Waals surface area contributed by atoms with E-state index >= 15 is 0 Å². The average Bonchev–Trinajstić information content (AvgIpc) is 2.53. The number of carbonyl (C=O) groups is 1. The van der Waals surface area contributed by atoms with Gasteiger partial charge in [0.25, 0.3) is 0 Å². The third-order valence-electron chi connectivity index (χ3n) is 3.97. The summed E-state index contributed by atoms with van der Waals surface area (Å²) in [6, 6.07) is 3.85. The number of amides is 2. The zero-order valence-electron chi connectivity index (χ0n) is 12.6. The zero-order chi connectivity index (χ0) is 16.1. The molecule has 1 aliphatic heterocycles. The lowest BCUT2D eigenvalue weighted by Crippen LogP contribution is -2.53. The molecule has 1 heterocycles. The Hall–Kier alpha value is -1.37. The standard InChI is InChI=1S/C15H21ClFN3O2/c1-2-12(10-21)19-5-7-20(8-6-19)15(22)18-14-9-11(16)3-4-13(14)17/h3-4,9,12,21H,2,5-8,10H2,1H3,(H,18,22). The van der Waals surface area contributed by atoms with Crippen LogP contribution < -0.4 is 5.32 Å². The molecule has 22 heavy (non-hydrogen) atoms. The summed E-state index contributed by atoms with van der Waals surface area (Å²) < 4.78 is 13.6. The van der Waals surface area contributed by atoms with E-state index in [9.17, 15) is 14.3 Å². The predicted molar refractivity (Wildman–Crippen MR) is 84.7 cm³/mol. The molecular formula is C15H21ClFN3O2. The lowest BCUT2D eigenvalue weighted by molar-refractivity contribution is 0.0766. The molecule has 2 N–H and O–H groups in total. The van der Waals surface area contributed by atoms with Gasteiger partial charge in [0.2, 0.25) is 0 Å². The number of piperazine rings is 1. The molecule has 0 bridgehead atoms. The second kappa shape index (κ2) is 7.76. The van der Waals surface area contributed by atoms with Crippen LogP contribution in [0.1, 0.15) is 13.3 Å². The minimum Gasteiger partial charge on any atom is -0.395 e. The van der Waals surface area contributed by atoms with Crippen LogP contribution in [0.3, 0.4) is 0 Å². The number of nitrogens with zero attached hydrogens (tertiary/aromatic N) is 2. The molecule has 5 nitrogen and oxygen atoms in total. The van der Waals surface area contributed by atoms with E-state index in [2.05, 4.69) is 10.2 Å². The van der Waals surface area contributed by atoms with Crippen molar-refractivity contribution >= 4 is 23.3 Å². The number of urea groups is 1. The van der Waals surface area contributed by atoms with Gasteiger partial charge in [-0.25, -0.2) is 9.18 Å². The van der Waals surface area contributed by atoms with Gasteiger partial charge < -0.3 is 15.3 Å². The summed E-state index contributed by atoms with van der Waals surface area (Å²) in [6.45, 7) is 4.64. The Balaban J connectivity index is 1.91. The minimum atomic E-state index is -0.511. The van der Waals surface area contributed by atoms with Crippen LogP contribution in [0, 0.1) is 5.82 Å². The lowest BCUT2D eigenvalue weighted by Gasteiger charge is -2.38. The number of hydrogen-bond donors (Lipinski definition) is 2. The predicted octanol–water partition coefficient (Wildman–Crippen LogP) is 2.40. The summed E-state index contributed by atoms with van der Waals surface area (Å²) in [6.07, 6.45) is 0.871. The number of anilines is 1. The number of carbonyl (C=O) groups excluding carboxylic acids is 1. The van der Waals surface area contributed by atoms with Crippen molar-refractivity contribution in [2.24, 2.45) is 0 Å². The summed E-state index contributed by atoms with van der Waals surface area (Å²) in [5.74, 6) is -0.511. The van der Waals surface area contributed by atoms with Crippen LogP contribution in [0.2, 0.25) is 5.02 Å². The quantitative estimate of drug-likeness (QED) is 0.892. The summed E-state index contributed by atoms with van der Waals surface area (Å²) in [4.78, 5) is 16.0. The highest BCUT2D eigenvalue weighted by molar-refractivity contribution is 6.30. The van der Waals surface area contributed by atoms with E-state index in [0.29, 0.717) is 31.2 Å². The maximum absolute atomic E-state index is 13.6. The van der Waals surface area contributed by atoms with Gasteiger partial charge >= 0.3 is 6.03 Å². The first-order valence-corrected chi connectivity index (χ1v) is 7.78. The number of halogens is 2. The summed E-state index contributed by atoms with van der Waals surface area (Å²) in [5.41, 5.74) is 0.0849. The second-order valence-corrected chi connectivity index (χ2v) is 5.76. The van der Waals surface area contributed by atoms with E-state index in [4.69, 9.17) is 11.6 Å². The van der Waals surface area contributed by atoms with E-state index in [-0.39, 0.29) is 24.4 Å². The van der Waals surface area contributed by atoms with Crippen molar-refractivity contribution < 1.29 is 14.3 Å². The smallest absolute Gasteiger partial charge is 0.322 e. The highest BCUT2D eigenvalue weighted by atomic mass is 35.5. The van der Waals surface area contributed by atoms with Crippen molar-refractivity contribution in [3.8, 4) is 0 Å². The highest BCUT2D eigenvalue weighted by Gasteiger charge is 2.25. The van der Waals surface area contributed by atoms with Crippen LogP contribution >= 0.6 is 11.6 Å². The normalized spacial score (nSPS) is 17.4. The molecule has 1 saturated heterocycles. The largest absolute Gasteiger partial charge is 0.395 e. The van der Waals surface area contributed by atoms with Crippen LogP contribution in [0.25, 0.3) is 0 Å². The minimum absolute atomic E-state index is 0.0849. The highest BCUT2D eigenvalue weighted by Crippen LogP contribution is 2.20. The zero-order valence-corrected chi connectivity index (χ0v) is 13.3. The van der Waals surface area contributed by atoms with Gasteiger partial charge in [-0.2, -0.15) is 0 Å². The summed E-state index contributed by atoms with van der Waals surface area (Å²) in [5, 5.41) is 12.2. The third kappa shape index (κ3) is 4.09. The molecule has 0 spiro atoms. The number of aliphatic hydroxyl groups excluding tert-OH is 1. The Morgan fingerprint density at radius 3 is 2.68 bits per heavy atom. The number of rotatable bonds is 4. The molecule has 2 rings (SSSR count). The maximum Gasteiger partial charge on any atom is 0.322 e. The molecule has 1 aromatic rings. The Bertz CT molecular complexity index is 518. The molecule has 7 heteroatoms. The Labute approximate surface area is 134 Å². The third-order valence-corrected chi connectivity index (χ3v) is 4.20. The van der Waals surface area contributed by atoms with Crippen molar-refractivity contribution in [1.29, 1.82) is 0 Å². The molecule has 1 unspecified atom stereocenters. The van der Waals surface area contributed by atoms with Crippen LogP contribution in [0.15, 0.2) is 18.2 Å². The monoisotopic (exact) mass is 329 g/mol. The van der Waals surface area contributed by atoms with Crippen molar-refractivity contribution in [2.75, 3.05) is 38.1 Å². The molecule has 1 fully saturated rings. The van der Waals surface area contributed by atoms with Gasteiger partial charge in [-0.3, -0.25) is 4.90 Å². The van der Waals surface area contributed by atoms with E-state index in [1.54, 1.807) is 4.90 Å². The van der Waals surface area contributed by atoms with Gasteiger partial charge in [0, 0.05) is 37.2 Å². The number of aliphatic hydroxyl groups is 1. The Morgan fingerprint density at radius 1 is 1.41 bits per heavy atom. The molecule has 1 aliphatic rings. The van der Waals surface area contributed by atoms with Gasteiger partial charge in [0.15, 0.2) is 0 Å². The van der Waals surface area contributed by atoms with Crippen molar-refractivity contribution in [2.45, 2.75) is 19.4 Å².